The van der Waals surface area contributed by atoms with Crippen molar-refractivity contribution in [3.8, 4) is 17.1 Å². The summed E-state index contributed by atoms with van der Waals surface area (Å²) in [5, 5.41) is 7.49. The molecule has 6 nitrogen and oxygen atoms in total. The molecule has 0 saturated carbocycles. The van der Waals surface area contributed by atoms with Crippen LogP contribution in [0.25, 0.3) is 82.5 Å². The number of hydrogen-bond acceptors (Lipinski definition) is 3. The van der Waals surface area contributed by atoms with Gasteiger partial charge in [0.25, 0.3) is 0 Å². The average molecular weight is 841 g/mol. The lowest BCUT2D eigenvalue weighted by atomic mass is 10.0. The fraction of sp³-hybridized carbons (Fsp3) is 0. The summed E-state index contributed by atoms with van der Waals surface area (Å²) in [6.07, 6.45) is 0. The van der Waals surface area contributed by atoms with E-state index in [1.807, 2.05) is 0 Å². The summed E-state index contributed by atoms with van der Waals surface area (Å²) in [5.74, 6) is 0. The second kappa shape index (κ2) is 12.4. The normalized spacial score (nSPS) is 13.4. The smallest absolute Gasteiger partial charge is 0.0783 e. The SMILES string of the molecule is c1ccc2c(c1)N(c1cc(N3c4ccccc4-n4c5ccccc5c5cccc3c54)cc(N3c4ccccc4-n4c5ccccc5c5cccc3c54)c1)c1cccc3c4ccccc4n-2c13. The van der Waals surface area contributed by atoms with Gasteiger partial charge in [-0.05, 0) is 91.0 Å². The Labute approximate surface area is 378 Å². The molecule has 10 aromatic carbocycles. The van der Waals surface area contributed by atoms with Gasteiger partial charge in [0.2, 0.25) is 0 Å². The number of benzene rings is 10. The molecular formula is C60H36N6. The van der Waals surface area contributed by atoms with Gasteiger partial charge in [-0.15, -0.1) is 0 Å². The number of aromatic nitrogens is 3. The predicted molar refractivity (Wildman–Crippen MR) is 274 cm³/mol. The third kappa shape index (κ3) is 4.22. The van der Waals surface area contributed by atoms with E-state index in [0.29, 0.717) is 0 Å². The predicted octanol–water partition coefficient (Wildman–Crippen LogP) is 16.3. The largest absolute Gasteiger partial charge is 0.306 e. The highest BCUT2D eigenvalue weighted by molar-refractivity contribution is 6.20. The highest BCUT2D eigenvalue weighted by Gasteiger charge is 2.34. The van der Waals surface area contributed by atoms with E-state index < -0.39 is 0 Å². The second-order valence-corrected chi connectivity index (χ2v) is 17.8. The highest BCUT2D eigenvalue weighted by Crippen LogP contribution is 2.56. The van der Waals surface area contributed by atoms with Crippen LogP contribution in [0.3, 0.4) is 0 Å². The molecule has 0 amide bonds. The van der Waals surface area contributed by atoms with Crippen molar-refractivity contribution in [3.63, 3.8) is 0 Å². The molecule has 13 aromatic rings. The molecule has 0 saturated heterocycles. The summed E-state index contributed by atoms with van der Waals surface area (Å²) in [6, 6.07) is 80.8. The summed E-state index contributed by atoms with van der Waals surface area (Å²) >= 11 is 0. The third-order valence-electron chi connectivity index (χ3n) is 14.5. The van der Waals surface area contributed by atoms with Crippen molar-refractivity contribution in [2.45, 2.75) is 0 Å². The van der Waals surface area contributed by atoms with Crippen molar-refractivity contribution in [2.24, 2.45) is 0 Å². The average Bonchev–Trinajstić information content (AvgIpc) is 4.03. The Morgan fingerprint density at radius 2 is 0.439 bits per heavy atom. The van der Waals surface area contributed by atoms with Crippen molar-refractivity contribution in [2.75, 3.05) is 14.7 Å². The molecule has 0 bridgehead atoms. The summed E-state index contributed by atoms with van der Waals surface area (Å²) in [6.45, 7) is 0. The van der Waals surface area contributed by atoms with E-state index in [4.69, 9.17) is 0 Å². The van der Waals surface area contributed by atoms with Gasteiger partial charge in [0, 0.05) is 32.3 Å². The third-order valence-corrected chi connectivity index (χ3v) is 14.5. The minimum Gasteiger partial charge on any atom is -0.306 e. The van der Waals surface area contributed by atoms with Crippen LogP contribution >= 0.6 is 0 Å². The van der Waals surface area contributed by atoms with Gasteiger partial charge in [-0.3, -0.25) is 0 Å². The quantitative estimate of drug-likeness (QED) is 0.177. The fourth-order valence-electron chi connectivity index (χ4n) is 12.0. The van der Waals surface area contributed by atoms with Crippen LogP contribution in [-0.4, -0.2) is 13.7 Å². The molecule has 6 heteroatoms. The lowest BCUT2D eigenvalue weighted by Gasteiger charge is -2.38. The Kier molecular flexibility index (Phi) is 6.47. The monoisotopic (exact) mass is 840 g/mol. The van der Waals surface area contributed by atoms with Gasteiger partial charge in [-0.2, -0.15) is 0 Å². The van der Waals surface area contributed by atoms with Crippen molar-refractivity contribution < 1.29 is 0 Å². The zero-order valence-electron chi connectivity index (χ0n) is 35.5. The first-order valence-corrected chi connectivity index (χ1v) is 22.7. The first-order valence-electron chi connectivity index (χ1n) is 22.7. The van der Waals surface area contributed by atoms with E-state index in [9.17, 15) is 0 Å². The van der Waals surface area contributed by atoms with Gasteiger partial charge in [0.1, 0.15) is 0 Å². The molecule has 0 spiro atoms. The van der Waals surface area contributed by atoms with E-state index in [-0.39, 0.29) is 0 Å². The molecule has 0 aliphatic carbocycles. The van der Waals surface area contributed by atoms with E-state index in [2.05, 4.69) is 247 Å². The van der Waals surface area contributed by atoms with Gasteiger partial charge in [0.15, 0.2) is 0 Å². The van der Waals surface area contributed by atoms with Gasteiger partial charge in [-0.25, -0.2) is 0 Å². The number of para-hydroxylation sites is 12. The molecule has 16 rings (SSSR count). The number of rotatable bonds is 3. The Hall–Kier alpha value is -9.00. The Morgan fingerprint density at radius 3 is 0.758 bits per heavy atom. The minimum absolute atomic E-state index is 1.07. The topological polar surface area (TPSA) is 24.5 Å². The van der Waals surface area contributed by atoms with E-state index in [0.717, 1.165) is 68.2 Å². The van der Waals surface area contributed by atoms with Crippen LogP contribution in [0.1, 0.15) is 0 Å². The van der Waals surface area contributed by atoms with Crippen LogP contribution in [0, 0.1) is 0 Å². The molecule has 6 heterocycles. The van der Waals surface area contributed by atoms with Gasteiger partial charge >= 0.3 is 0 Å². The standard InChI is InChI=1S/C60H36N6/c1-4-22-46-40(16-1)43-19-13-31-55-58(43)64(46)52-28-10-7-25-49(52)61(55)37-34-38(62-50-26-8-11-29-53(50)65-47-23-5-2-17-41(47)44-20-14-32-56(62)59(44)65)36-39(35-37)63-51-27-9-12-30-54(51)66-48-24-6-3-18-42(48)45-21-15-33-57(63)60(45)66/h1-36H. The van der Waals surface area contributed by atoms with Crippen LogP contribution in [0.15, 0.2) is 218 Å². The van der Waals surface area contributed by atoms with Crippen molar-refractivity contribution in [3.05, 3.63) is 218 Å². The number of nitrogens with zero attached hydrogens (tertiary/aromatic N) is 6. The first kappa shape index (κ1) is 34.5. The molecule has 0 radical (unpaired) electrons. The van der Waals surface area contributed by atoms with Gasteiger partial charge in [-0.1, -0.05) is 127 Å². The number of fused-ring (bicyclic) bond motifs is 15. The lowest BCUT2D eigenvalue weighted by molar-refractivity contribution is 1.09. The molecule has 0 fully saturated rings. The van der Waals surface area contributed by atoms with Crippen LogP contribution in [0.4, 0.5) is 51.2 Å². The van der Waals surface area contributed by atoms with Crippen LogP contribution in [-0.2, 0) is 0 Å². The van der Waals surface area contributed by atoms with Crippen LogP contribution in [0.5, 0.6) is 0 Å². The Bertz CT molecular complexity index is 3830. The van der Waals surface area contributed by atoms with E-state index >= 15 is 0 Å². The molecule has 66 heavy (non-hydrogen) atoms. The van der Waals surface area contributed by atoms with Gasteiger partial charge in [0.05, 0.1) is 101 Å². The molecule has 0 N–H and O–H groups in total. The Morgan fingerprint density at radius 1 is 0.197 bits per heavy atom. The zero-order valence-corrected chi connectivity index (χ0v) is 35.5. The molecule has 0 unspecified atom stereocenters. The fourth-order valence-corrected chi connectivity index (χ4v) is 12.0. The van der Waals surface area contributed by atoms with E-state index in [1.54, 1.807) is 0 Å². The second-order valence-electron chi connectivity index (χ2n) is 17.8. The maximum Gasteiger partial charge on any atom is 0.0783 e. The van der Waals surface area contributed by atoms with Gasteiger partial charge < -0.3 is 28.4 Å². The molecule has 0 atom stereocenters. The van der Waals surface area contributed by atoms with Crippen molar-refractivity contribution in [1.82, 2.24) is 13.7 Å². The molecular weight excluding hydrogens is 805 g/mol. The summed E-state index contributed by atoms with van der Waals surface area (Å²) in [5.41, 5.74) is 20.8. The zero-order chi connectivity index (χ0) is 42.8. The Balaban J connectivity index is 1.04. The molecule has 3 aliphatic rings. The summed E-state index contributed by atoms with van der Waals surface area (Å²) in [4.78, 5) is 7.51. The first-order chi connectivity index (χ1) is 32.8. The molecule has 3 aliphatic heterocycles. The van der Waals surface area contributed by atoms with Crippen molar-refractivity contribution in [1.29, 1.82) is 0 Å². The number of anilines is 9. The highest BCUT2D eigenvalue weighted by atomic mass is 15.3. The summed E-state index contributed by atoms with van der Waals surface area (Å²) < 4.78 is 7.41. The van der Waals surface area contributed by atoms with Crippen molar-refractivity contribution >= 4 is 117 Å². The summed E-state index contributed by atoms with van der Waals surface area (Å²) in [7, 11) is 0. The lowest BCUT2D eigenvalue weighted by Crippen LogP contribution is -2.22. The maximum atomic E-state index is 2.50. The van der Waals surface area contributed by atoms with Crippen LogP contribution < -0.4 is 14.7 Å². The molecule has 3 aromatic heterocycles. The molecule has 306 valence electrons. The van der Waals surface area contributed by atoms with E-state index in [1.165, 1.54) is 65.4 Å². The van der Waals surface area contributed by atoms with Crippen LogP contribution in [0.2, 0.25) is 0 Å². The maximum absolute atomic E-state index is 2.50. The minimum atomic E-state index is 1.07. The number of hydrogen-bond donors (Lipinski definition) is 0.